The molecule has 0 radical (unpaired) electrons. The Bertz CT molecular complexity index is 1560. The predicted octanol–water partition coefficient (Wildman–Crippen LogP) is 1.16. The first-order valence-corrected chi connectivity index (χ1v) is 11.4. The van der Waals surface area contributed by atoms with E-state index in [2.05, 4.69) is 25.6 Å². The minimum atomic E-state index is -4.52. The molecule has 3 aromatic rings. The largest absolute Gasteiger partial charge is 0.416 e. The Morgan fingerprint density at radius 3 is 2.37 bits per heavy atom. The summed E-state index contributed by atoms with van der Waals surface area (Å²) in [4.78, 5) is 73.7. The Morgan fingerprint density at radius 2 is 1.71 bits per heavy atom. The summed E-state index contributed by atoms with van der Waals surface area (Å²) >= 11 is 0. The molecule has 2 aliphatic rings. The number of amides is 4. The molecular formula is C23H20F3N7O5. The van der Waals surface area contributed by atoms with Crippen molar-refractivity contribution in [3.8, 4) is 0 Å². The zero-order chi connectivity index (χ0) is 27.2. The van der Waals surface area contributed by atoms with Gasteiger partial charge in [-0.3, -0.25) is 24.3 Å². The van der Waals surface area contributed by atoms with Crippen molar-refractivity contribution in [2.75, 3.05) is 29.9 Å². The van der Waals surface area contributed by atoms with E-state index in [-0.39, 0.29) is 42.5 Å². The van der Waals surface area contributed by atoms with Gasteiger partial charge in [0.1, 0.15) is 12.1 Å². The van der Waals surface area contributed by atoms with Gasteiger partial charge in [-0.25, -0.2) is 14.6 Å². The van der Waals surface area contributed by atoms with Crippen LogP contribution in [0, 0.1) is 0 Å². The molecule has 0 unspecified atom stereocenters. The Kier molecular flexibility index (Phi) is 5.92. The van der Waals surface area contributed by atoms with E-state index in [9.17, 15) is 37.1 Å². The summed E-state index contributed by atoms with van der Waals surface area (Å²) in [5.41, 5.74) is -3.05. The zero-order valence-electron chi connectivity index (χ0n) is 19.5. The van der Waals surface area contributed by atoms with Crippen molar-refractivity contribution >= 4 is 40.3 Å². The number of alkyl halides is 3. The zero-order valence-corrected chi connectivity index (χ0v) is 19.5. The number of nitrogens with zero attached hydrogens (tertiary/aromatic N) is 3. The number of hydrogen-bond donors (Lipinski definition) is 4. The Labute approximate surface area is 210 Å². The Balaban J connectivity index is 1.26. The molecule has 0 aliphatic carbocycles. The molecule has 1 spiro atoms. The minimum Gasteiger partial charge on any atom is -0.355 e. The number of hydrogen-bond acceptors (Lipinski definition) is 7. The molecule has 2 aliphatic heterocycles. The normalized spacial score (nSPS) is 17.2. The van der Waals surface area contributed by atoms with Crippen LogP contribution in [0.15, 0.2) is 46.1 Å². The Hall–Kier alpha value is -4.69. The highest BCUT2D eigenvalue weighted by atomic mass is 19.4. The molecule has 5 rings (SSSR count). The quantitative estimate of drug-likeness (QED) is 0.368. The van der Waals surface area contributed by atoms with E-state index in [1.807, 2.05) is 0 Å². The monoisotopic (exact) mass is 531 g/mol. The second-order valence-electron chi connectivity index (χ2n) is 8.98. The molecule has 0 saturated carbocycles. The average Bonchev–Trinajstić information content (AvgIpc) is 3.08. The van der Waals surface area contributed by atoms with E-state index >= 15 is 0 Å². The molecule has 0 atom stereocenters. The average molecular weight is 531 g/mol. The van der Waals surface area contributed by atoms with Gasteiger partial charge in [0.25, 0.3) is 11.5 Å². The molecule has 38 heavy (non-hydrogen) atoms. The number of H-pyrrole nitrogens is 2. The van der Waals surface area contributed by atoms with Crippen LogP contribution < -0.4 is 26.8 Å². The molecule has 198 valence electrons. The van der Waals surface area contributed by atoms with Crippen LogP contribution in [0.3, 0.4) is 0 Å². The van der Waals surface area contributed by atoms with Crippen molar-refractivity contribution < 1.29 is 27.6 Å². The highest BCUT2D eigenvalue weighted by molar-refractivity contribution is 6.10. The molecule has 4 amide bonds. The number of benzene rings is 1. The SMILES string of the molecule is O=C(CN1C(=O)NC2(CCN(c3nccc4c(=O)[nH]c(=O)[nH]c34)CC2)C1=O)Nc1ccc(C(F)(F)F)cc1. The first-order chi connectivity index (χ1) is 18.0. The lowest BCUT2D eigenvalue weighted by molar-refractivity contribution is -0.137. The van der Waals surface area contributed by atoms with Gasteiger partial charge in [0.15, 0.2) is 5.82 Å². The molecule has 2 fully saturated rings. The molecule has 2 saturated heterocycles. The van der Waals surface area contributed by atoms with Crippen molar-refractivity contribution in [3.63, 3.8) is 0 Å². The van der Waals surface area contributed by atoms with Crippen LogP contribution in [0.1, 0.15) is 18.4 Å². The number of rotatable bonds is 4. The fraction of sp³-hybridized carbons (Fsp3) is 0.304. The lowest BCUT2D eigenvalue weighted by Gasteiger charge is -2.38. The third-order valence-electron chi connectivity index (χ3n) is 6.60. The summed E-state index contributed by atoms with van der Waals surface area (Å²) < 4.78 is 38.2. The van der Waals surface area contributed by atoms with Crippen LogP contribution in [0.25, 0.3) is 10.9 Å². The van der Waals surface area contributed by atoms with Gasteiger partial charge >= 0.3 is 17.9 Å². The number of nitrogens with one attached hydrogen (secondary N) is 4. The van der Waals surface area contributed by atoms with Crippen molar-refractivity contribution in [1.29, 1.82) is 0 Å². The van der Waals surface area contributed by atoms with Gasteiger partial charge in [0.05, 0.1) is 16.5 Å². The summed E-state index contributed by atoms with van der Waals surface area (Å²) in [7, 11) is 0. The van der Waals surface area contributed by atoms with Gasteiger partial charge < -0.3 is 20.5 Å². The number of carbonyl (C=O) groups is 3. The van der Waals surface area contributed by atoms with Crippen molar-refractivity contribution in [3.05, 3.63) is 62.9 Å². The van der Waals surface area contributed by atoms with E-state index in [0.29, 0.717) is 5.82 Å². The topological polar surface area (TPSA) is 160 Å². The highest BCUT2D eigenvalue weighted by Gasteiger charge is 2.53. The van der Waals surface area contributed by atoms with Gasteiger partial charge in [-0.15, -0.1) is 0 Å². The van der Waals surface area contributed by atoms with Gasteiger partial charge in [0.2, 0.25) is 5.91 Å². The van der Waals surface area contributed by atoms with E-state index in [1.165, 1.54) is 12.3 Å². The van der Waals surface area contributed by atoms with Crippen LogP contribution in [-0.2, 0) is 15.8 Å². The number of pyridine rings is 1. The fourth-order valence-electron chi connectivity index (χ4n) is 4.66. The van der Waals surface area contributed by atoms with Gasteiger partial charge in [-0.05, 0) is 43.2 Å². The molecule has 2 aromatic heterocycles. The molecular weight excluding hydrogens is 511 g/mol. The number of fused-ring (bicyclic) bond motifs is 1. The number of carbonyl (C=O) groups excluding carboxylic acids is 3. The molecule has 12 nitrogen and oxygen atoms in total. The van der Waals surface area contributed by atoms with Crippen molar-refractivity contribution in [2.24, 2.45) is 0 Å². The first kappa shape index (κ1) is 25.0. The number of piperidine rings is 1. The third-order valence-corrected chi connectivity index (χ3v) is 6.60. The van der Waals surface area contributed by atoms with Gasteiger partial charge in [0, 0.05) is 25.0 Å². The first-order valence-electron chi connectivity index (χ1n) is 11.4. The second kappa shape index (κ2) is 9.00. The van der Waals surface area contributed by atoms with Crippen LogP contribution >= 0.6 is 0 Å². The van der Waals surface area contributed by atoms with Crippen LogP contribution in [-0.4, -0.2) is 62.9 Å². The highest BCUT2D eigenvalue weighted by Crippen LogP contribution is 2.33. The van der Waals surface area contributed by atoms with E-state index in [4.69, 9.17) is 0 Å². The standard InChI is InChI=1S/C23H20F3N7O5/c24-23(25,26)12-1-3-13(4-2-12)28-15(34)11-33-19(36)22(31-21(33)38)6-9-32(10-7-22)17-16-14(5-8-27-17)18(35)30-20(37)29-16/h1-5,8H,6-7,9-11H2,(H,28,34)(H,31,38)(H2,29,30,35,37). The molecule has 4 N–H and O–H groups in total. The summed E-state index contributed by atoms with van der Waals surface area (Å²) in [6.45, 7) is -0.122. The summed E-state index contributed by atoms with van der Waals surface area (Å²) in [5.74, 6) is -0.998. The summed E-state index contributed by atoms with van der Waals surface area (Å²) in [6, 6.07) is 4.47. The third kappa shape index (κ3) is 4.46. The summed E-state index contributed by atoms with van der Waals surface area (Å²) in [5, 5.41) is 5.28. The van der Waals surface area contributed by atoms with Crippen LogP contribution in [0.5, 0.6) is 0 Å². The molecule has 1 aromatic carbocycles. The number of imide groups is 1. The number of urea groups is 1. The maximum atomic E-state index is 13.2. The molecule has 15 heteroatoms. The molecule has 0 bridgehead atoms. The minimum absolute atomic E-state index is 0.0811. The number of aromatic amines is 2. The lowest BCUT2D eigenvalue weighted by atomic mass is 9.87. The number of halogens is 3. The predicted molar refractivity (Wildman–Crippen MR) is 127 cm³/mol. The number of anilines is 2. The number of aromatic nitrogens is 3. The van der Waals surface area contributed by atoms with Crippen molar-refractivity contribution in [1.82, 2.24) is 25.2 Å². The van der Waals surface area contributed by atoms with Gasteiger partial charge in [-0.1, -0.05) is 0 Å². The Morgan fingerprint density at radius 1 is 1.03 bits per heavy atom. The fourth-order valence-corrected chi connectivity index (χ4v) is 4.66. The van der Waals surface area contributed by atoms with E-state index in [0.717, 1.165) is 29.2 Å². The maximum absolute atomic E-state index is 13.2. The maximum Gasteiger partial charge on any atom is 0.416 e. The lowest BCUT2D eigenvalue weighted by Crippen LogP contribution is -2.55. The van der Waals surface area contributed by atoms with E-state index in [1.54, 1.807) is 4.90 Å². The van der Waals surface area contributed by atoms with Gasteiger partial charge in [-0.2, -0.15) is 13.2 Å². The van der Waals surface area contributed by atoms with Crippen LogP contribution in [0.2, 0.25) is 0 Å². The summed E-state index contributed by atoms with van der Waals surface area (Å²) in [6.07, 6.45) is -2.76. The van der Waals surface area contributed by atoms with Crippen molar-refractivity contribution in [2.45, 2.75) is 24.6 Å². The smallest absolute Gasteiger partial charge is 0.355 e. The molecule has 4 heterocycles. The van der Waals surface area contributed by atoms with E-state index < -0.39 is 52.9 Å². The van der Waals surface area contributed by atoms with Crippen LogP contribution in [0.4, 0.5) is 29.5 Å². The second-order valence-corrected chi connectivity index (χ2v) is 8.98.